The molecule has 0 heterocycles. The Labute approximate surface area is 146 Å². The van der Waals surface area contributed by atoms with Crippen LogP contribution in [0.25, 0.3) is 11.1 Å². The zero-order valence-electron chi connectivity index (χ0n) is 14.0. The van der Waals surface area contributed by atoms with Gasteiger partial charge in [0.15, 0.2) is 11.6 Å². The van der Waals surface area contributed by atoms with E-state index in [0.717, 1.165) is 22.6 Å². The molecule has 0 saturated heterocycles. The minimum absolute atomic E-state index is 0.123. The molecule has 5 heteroatoms. The Morgan fingerprint density at radius 1 is 0.840 bits per heavy atom. The summed E-state index contributed by atoms with van der Waals surface area (Å²) in [7, 11) is 3.05. The van der Waals surface area contributed by atoms with E-state index in [1.807, 2.05) is 48.5 Å². The molecule has 128 valence electrons. The Kier molecular flexibility index (Phi) is 4.75. The number of hydrogen-bond acceptors (Lipinski definition) is 4. The van der Waals surface area contributed by atoms with E-state index in [2.05, 4.69) is 5.32 Å². The molecule has 0 spiro atoms. The maximum Gasteiger partial charge on any atom is 0.167 e. The summed E-state index contributed by atoms with van der Waals surface area (Å²) in [5, 5.41) is 3.12. The molecule has 0 aliphatic heterocycles. The second-order valence-electron chi connectivity index (χ2n) is 5.50. The lowest BCUT2D eigenvalue weighted by Crippen LogP contribution is -1.99. The number of halogens is 1. The molecule has 0 unspecified atom stereocenters. The summed E-state index contributed by atoms with van der Waals surface area (Å²) in [6, 6.07) is 18.4. The lowest BCUT2D eigenvalue weighted by atomic mass is 10.1. The van der Waals surface area contributed by atoms with Gasteiger partial charge >= 0.3 is 0 Å². The van der Waals surface area contributed by atoms with Crippen molar-refractivity contribution in [2.24, 2.45) is 0 Å². The molecule has 3 aromatic rings. The highest BCUT2D eigenvalue weighted by Gasteiger charge is 2.08. The van der Waals surface area contributed by atoms with Crippen LogP contribution < -0.4 is 20.5 Å². The Morgan fingerprint density at radius 3 is 2.00 bits per heavy atom. The average molecular weight is 338 g/mol. The Morgan fingerprint density at radius 2 is 1.44 bits per heavy atom. The number of hydrogen-bond donors (Lipinski definition) is 2. The summed E-state index contributed by atoms with van der Waals surface area (Å²) < 4.78 is 23.9. The SMILES string of the molecule is COc1ccc(-c2ccc(Nc3cc(F)c(OC)cc3N)cc2)cc1. The van der Waals surface area contributed by atoms with Crippen LogP contribution in [0.3, 0.4) is 0 Å². The van der Waals surface area contributed by atoms with E-state index in [4.69, 9.17) is 15.2 Å². The fraction of sp³-hybridized carbons (Fsp3) is 0.100. The molecule has 0 aromatic heterocycles. The second-order valence-corrected chi connectivity index (χ2v) is 5.50. The summed E-state index contributed by atoms with van der Waals surface area (Å²) in [6.07, 6.45) is 0. The van der Waals surface area contributed by atoms with Crippen LogP contribution in [0.5, 0.6) is 11.5 Å². The molecule has 0 fully saturated rings. The summed E-state index contributed by atoms with van der Waals surface area (Å²) in [4.78, 5) is 0. The Hall–Kier alpha value is -3.21. The van der Waals surface area contributed by atoms with Gasteiger partial charge in [0.05, 0.1) is 25.6 Å². The van der Waals surface area contributed by atoms with E-state index < -0.39 is 5.82 Å². The topological polar surface area (TPSA) is 56.5 Å². The summed E-state index contributed by atoms with van der Waals surface area (Å²) >= 11 is 0. The number of anilines is 3. The van der Waals surface area contributed by atoms with Crippen molar-refractivity contribution in [3.05, 3.63) is 66.5 Å². The molecular weight excluding hydrogens is 319 g/mol. The first kappa shape index (κ1) is 16.6. The first-order chi connectivity index (χ1) is 12.1. The normalized spacial score (nSPS) is 10.4. The third-order valence-electron chi connectivity index (χ3n) is 3.91. The highest BCUT2D eigenvalue weighted by atomic mass is 19.1. The third kappa shape index (κ3) is 3.66. The van der Waals surface area contributed by atoms with Gasteiger partial charge < -0.3 is 20.5 Å². The number of methoxy groups -OCH3 is 2. The number of nitrogen functional groups attached to an aromatic ring is 1. The van der Waals surface area contributed by atoms with Gasteiger partial charge in [-0.1, -0.05) is 24.3 Å². The highest BCUT2D eigenvalue weighted by Crippen LogP contribution is 2.31. The van der Waals surface area contributed by atoms with Crippen molar-refractivity contribution in [2.75, 3.05) is 25.3 Å². The van der Waals surface area contributed by atoms with E-state index in [0.29, 0.717) is 11.4 Å². The first-order valence-electron chi connectivity index (χ1n) is 7.75. The van der Waals surface area contributed by atoms with Crippen molar-refractivity contribution in [3.8, 4) is 22.6 Å². The van der Waals surface area contributed by atoms with Crippen molar-refractivity contribution in [1.29, 1.82) is 0 Å². The summed E-state index contributed by atoms with van der Waals surface area (Å²) in [5.74, 6) is 0.478. The maximum absolute atomic E-state index is 13.8. The van der Waals surface area contributed by atoms with E-state index in [9.17, 15) is 4.39 Å². The van der Waals surface area contributed by atoms with Gasteiger partial charge in [0.1, 0.15) is 5.75 Å². The van der Waals surface area contributed by atoms with E-state index >= 15 is 0 Å². The zero-order valence-corrected chi connectivity index (χ0v) is 14.0. The molecule has 0 aliphatic carbocycles. The van der Waals surface area contributed by atoms with Crippen LogP contribution in [-0.2, 0) is 0 Å². The van der Waals surface area contributed by atoms with Crippen LogP contribution in [0, 0.1) is 5.82 Å². The first-order valence-corrected chi connectivity index (χ1v) is 7.75. The lowest BCUT2D eigenvalue weighted by Gasteiger charge is -2.12. The molecule has 3 N–H and O–H groups in total. The smallest absolute Gasteiger partial charge is 0.167 e. The Bertz CT molecular complexity index is 862. The lowest BCUT2D eigenvalue weighted by molar-refractivity contribution is 0.387. The minimum Gasteiger partial charge on any atom is -0.497 e. The molecule has 25 heavy (non-hydrogen) atoms. The number of benzene rings is 3. The van der Waals surface area contributed by atoms with Gasteiger partial charge in [0.25, 0.3) is 0 Å². The van der Waals surface area contributed by atoms with Crippen LogP contribution in [-0.4, -0.2) is 14.2 Å². The van der Waals surface area contributed by atoms with Gasteiger partial charge in [0.2, 0.25) is 0 Å². The van der Waals surface area contributed by atoms with E-state index in [1.165, 1.54) is 19.2 Å². The van der Waals surface area contributed by atoms with Crippen molar-refractivity contribution >= 4 is 17.1 Å². The van der Waals surface area contributed by atoms with Crippen molar-refractivity contribution in [1.82, 2.24) is 0 Å². The maximum atomic E-state index is 13.8. The molecule has 0 radical (unpaired) electrons. The standard InChI is InChI=1S/C20H19FN2O2/c1-24-16-9-5-14(6-10-16)13-3-7-15(8-4-13)23-19-11-17(21)20(25-2)12-18(19)22/h3-12,23H,22H2,1-2H3. The van der Waals surface area contributed by atoms with Gasteiger partial charge in [-0.15, -0.1) is 0 Å². The van der Waals surface area contributed by atoms with E-state index in [-0.39, 0.29) is 5.75 Å². The van der Waals surface area contributed by atoms with Crippen molar-refractivity contribution in [3.63, 3.8) is 0 Å². The zero-order chi connectivity index (χ0) is 17.8. The van der Waals surface area contributed by atoms with Gasteiger partial charge in [-0.25, -0.2) is 4.39 Å². The van der Waals surface area contributed by atoms with Crippen LogP contribution in [0.2, 0.25) is 0 Å². The van der Waals surface area contributed by atoms with Crippen LogP contribution >= 0.6 is 0 Å². The minimum atomic E-state index is -0.464. The molecule has 3 rings (SSSR count). The summed E-state index contributed by atoms with van der Waals surface area (Å²) in [5.41, 5.74) is 9.82. The number of ether oxygens (including phenoxy) is 2. The molecular formula is C20H19FN2O2. The molecule has 4 nitrogen and oxygen atoms in total. The number of rotatable bonds is 5. The monoisotopic (exact) mass is 338 g/mol. The van der Waals surface area contributed by atoms with Gasteiger partial charge in [-0.2, -0.15) is 0 Å². The van der Waals surface area contributed by atoms with Crippen LogP contribution in [0.1, 0.15) is 0 Å². The molecule has 0 aliphatic rings. The predicted molar refractivity (Wildman–Crippen MR) is 99.1 cm³/mol. The fourth-order valence-corrected chi connectivity index (χ4v) is 2.52. The molecule has 0 saturated carbocycles. The van der Waals surface area contributed by atoms with Crippen LogP contribution in [0.15, 0.2) is 60.7 Å². The fourth-order valence-electron chi connectivity index (χ4n) is 2.52. The molecule has 0 amide bonds. The van der Waals surface area contributed by atoms with Gasteiger partial charge in [0, 0.05) is 17.8 Å². The second kappa shape index (κ2) is 7.13. The quantitative estimate of drug-likeness (QED) is 0.654. The van der Waals surface area contributed by atoms with Crippen molar-refractivity contribution < 1.29 is 13.9 Å². The largest absolute Gasteiger partial charge is 0.497 e. The molecule has 0 atom stereocenters. The molecule has 0 bridgehead atoms. The van der Waals surface area contributed by atoms with Crippen LogP contribution in [0.4, 0.5) is 21.5 Å². The predicted octanol–water partition coefficient (Wildman–Crippen LogP) is 4.84. The number of nitrogens with one attached hydrogen (secondary N) is 1. The number of nitrogens with two attached hydrogens (primary N) is 1. The van der Waals surface area contributed by atoms with E-state index in [1.54, 1.807) is 7.11 Å². The van der Waals surface area contributed by atoms with Gasteiger partial charge in [-0.3, -0.25) is 0 Å². The van der Waals surface area contributed by atoms with Crippen molar-refractivity contribution in [2.45, 2.75) is 0 Å². The average Bonchev–Trinajstić information content (AvgIpc) is 2.65. The highest BCUT2D eigenvalue weighted by molar-refractivity contribution is 5.75. The third-order valence-corrected chi connectivity index (χ3v) is 3.91. The molecule has 3 aromatic carbocycles. The Balaban J connectivity index is 1.79. The summed E-state index contributed by atoms with van der Waals surface area (Å²) in [6.45, 7) is 0. The van der Waals surface area contributed by atoms with Gasteiger partial charge in [-0.05, 0) is 35.4 Å².